The lowest BCUT2D eigenvalue weighted by atomic mass is 10.1. The van der Waals surface area contributed by atoms with E-state index in [0.717, 1.165) is 11.1 Å². The van der Waals surface area contributed by atoms with Gasteiger partial charge in [-0.2, -0.15) is 18.3 Å². The Morgan fingerprint density at radius 1 is 1.10 bits per heavy atom. The fourth-order valence-electron chi connectivity index (χ4n) is 2.83. The van der Waals surface area contributed by atoms with Crippen molar-refractivity contribution in [1.82, 2.24) is 25.2 Å². The third-order valence-corrected chi connectivity index (χ3v) is 4.51. The maximum atomic E-state index is 13.8. The molecule has 0 aromatic carbocycles. The molecule has 0 saturated carbocycles. The van der Waals surface area contributed by atoms with Crippen LogP contribution in [0.3, 0.4) is 0 Å². The molecular weight excluding hydrogens is 460 g/mol. The van der Waals surface area contributed by atoms with Crippen LogP contribution in [0.1, 0.15) is 5.56 Å². The van der Waals surface area contributed by atoms with E-state index in [4.69, 9.17) is 23.2 Å². The van der Waals surface area contributed by atoms with Crippen LogP contribution in [0.2, 0.25) is 10.3 Å². The van der Waals surface area contributed by atoms with Crippen molar-refractivity contribution in [3.8, 4) is 0 Å². The first-order valence-corrected chi connectivity index (χ1v) is 9.39. The van der Waals surface area contributed by atoms with Gasteiger partial charge in [0, 0.05) is 33.9 Å². The van der Waals surface area contributed by atoms with Gasteiger partial charge in [-0.3, -0.25) is 5.01 Å². The van der Waals surface area contributed by atoms with Gasteiger partial charge in [0.05, 0.1) is 10.9 Å². The van der Waals surface area contributed by atoms with E-state index >= 15 is 0 Å². The van der Waals surface area contributed by atoms with Crippen molar-refractivity contribution in [2.75, 3.05) is 36.4 Å². The Labute approximate surface area is 184 Å². The fraction of sp³-hybridized carbons (Fsp3) is 0.294. The van der Waals surface area contributed by atoms with Crippen LogP contribution in [-0.4, -0.2) is 46.9 Å². The van der Waals surface area contributed by atoms with Gasteiger partial charge in [0.25, 0.3) is 0 Å². The molecule has 0 aliphatic heterocycles. The molecule has 3 aromatic rings. The lowest BCUT2D eigenvalue weighted by Gasteiger charge is -2.21. The molecule has 0 bridgehead atoms. The van der Waals surface area contributed by atoms with E-state index in [0.29, 0.717) is 0 Å². The van der Waals surface area contributed by atoms with Crippen molar-refractivity contribution in [3.05, 3.63) is 34.1 Å². The van der Waals surface area contributed by atoms with E-state index in [1.165, 1.54) is 35.8 Å². The van der Waals surface area contributed by atoms with Crippen molar-refractivity contribution in [2.24, 2.45) is 7.05 Å². The standard InChI is InChI=1S/C17H17Cl2F3N8O/c1-28(2)15-13-9(17(20,21)22)7-12(25-14(13)30(4)26-15)29(3)27-16(31)23-8-5-10(18)24-11(19)6-8/h5-7H,1-4H3,(H2,23,24,27,31). The van der Waals surface area contributed by atoms with Gasteiger partial charge in [-0.05, 0) is 18.2 Å². The zero-order chi connectivity index (χ0) is 23.1. The number of rotatable bonds is 4. The van der Waals surface area contributed by atoms with E-state index in [9.17, 15) is 18.0 Å². The Morgan fingerprint density at radius 2 is 1.71 bits per heavy atom. The number of fused-ring (bicyclic) bond motifs is 1. The summed E-state index contributed by atoms with van der Waals surface area (Å²) in [5.41, 5.74) is 1.72. The topological polar surface area (TPSA) is 91.2 Å². The number of amides is 2. The minimum absolute atomic E-state index is 0.00952. The minimum atomic E-state index is -4.67. The average Bonchev–Trinajstić information content (AvgIpc) is 2.96. The molecule has 0 saturated heterocycles. The van der Waals surface area contributed by atoms with E-state index in [-0.39, 0.29) is 38.7 Å². The number of carbonyl (C=O) groups is 1. The third kappa shape index (κ3) is 4.85. The third-order valence-electron chi connectivity index (χ3n) is 4.12. The van der Waals surface area contributed by atoms with Crippen LogP contribution in [0, 0.1) is 0 Å². The Bertz CT molecular complexity index is 1130. The molecule has 0 fully saturated rings. The van der Waals surface area contributed by atoms with E-state index in [1.807, 2.05) is 0 Å². The molecule has 166 valence electrons. The monoisotopic (exact) mass is 476 g/mol. The van der Waals surface area contributed by atoms with Crippen LogP contribution in [0.15, 0.2) is 18.2 Å². The summed E-state index contributed by atoms with van der Waals surface area (Å²) in [6, 6.07) is 2.81. The largest absolute Gasteiger partial charge is 0.417 e. The Morgan fingerprint density at radius 3 is 2.26 bits per heavy atom. The highest BCUT2D eigenvalue weighted by Crippen LogP contribution is 2.39. The van der Waals surface area contributed by atoms with Gasteiger partial charge in [-0.1, -0.05) is 23.2 Å². The smallest absolute Gasteiger partial charge is 0.361 e. The molecule has 0 atom stereocenters. The quantitative estimate of drug-likeness (QED) is 0.437. The number of nitrogens with zero attached hydrogens (tertiary/aromatic N) is 6. The second-order valence-electron chi connectivity index (χ2n) is 6.69. The molecule has 31 heavy (non-hydrogen) atoms. The molecule has 3 rings (SSSR count). The molecule has 9 nitrogen and oxygen atoms in total. The van der Waals surface area contributed by atoms with Gasteiger partial charge in [0.15, 0.2) is 11.5 Å². The number of aryl methyl sites for hydroxylation is 1. The molecule has 0 spiro atoms. The highest BCUT2D eigenvalue weighted by Gasteiger charge is 2.36. The molecule has 0 unspecified atom stereocenters. The van der Waals surface area contributed by atoms with Crippen molar-refractivity contribution < 1.29 is 18.0 Å². The molecule has 2 amide bonds. The molecule has 14 heteroatoms. The number of hydrogen-bond donors (Lipinski definition) is 2. The number of pyridine rings is 2. The predicted octanol–water partition coefficient (Wildman–Crippen LogP) is 3.93. The zero-order valence-electron chi connectivity index (χ0n) is 16.7. The van der Waals surface area contributed by atoms with Gasteiger partial charge in [-0.25, -0.2) is 24.9 Å². The molecule has 0 aliphatic rings. The lowest BCUT2D eigenvalue weighted by Crippen LogP contribution is -2.42. The summed E-state index contributed by atoms with van der Waals surface area (Å²) in [4.78, 5) is 21.8. The highest BCUT2D eigenvalue weighted by atomic mass is 35.5. The predicted molar refractivity (Wildman–Crippen MR) is 113 cm³/mol. The van der Waals surface area contributed by atoms with Crippen LogP contribution in [0.25, 0.3) is 11.0 Å². The zero-order valence-corrected chi connectivity index (χ0v) is 18.2. The normalized spacial score (nSPS) is 11.5. The first kappa shape index (κ1) is 22.7. The average molecular weight is 477 g/mol. The van der Waals surface area contributed by atoms with Gasteiger partial charge in [-0.15, -0.1) is 0 Å². The number of alkyl halides is 3. The molecule has 0 radical (unpaired) electrons. The number of nitrogens with one attached hydrogen (secondary N) is 2. The van der Waals surface area contributed by atoms with Crippen LogP contribution in [0.5, 0.6) is 0 Å². The van der Waals surface area contributed by atoms with Gasteiger partial charge >= 0.3 is 12.2 Å². The van der Waals surface area contributed by atoms with E-state index in [2.05, 4.69) is 25.8 Å². The van der Waals surface area contributed by atoms with Crippen molar-refractivity contribution >= 4 is 57.6 Å². The lowest BCUT2D eigenvalue weighted by molar-refractivity contribution is -0.136. The number of anilines is 3. The number of aromatic nitrogens is 4. The Kier molecular flexibility index (Phi) is 6.05. The van der Waals surface area contributed by atoms with Crippen molar-refractivity contribution in [1.29, 1.82) is 0 Å². The SMILES string of the molecule is CN(C)c1nn(C)c2nc(N(C)NC(=O)Nc3cc(Cl)nc(Cl)c3)cc(C(F)(F)F)c12. The van der Waals surface area contributed by atoms with Crippen molar-refractivity contribution in [3.63, 3.8) is 0 Å². The number of hydrogen-bond acceptors (Lipinski definition) is 6. The molecule has 0 aliphatic carbocycles. The molecule has 3 aromatic heterocycles. The van der Waals surface area contributed by atoms with Crippen LogP contribution in [-0.2, 0) is 13.2 Å². The molecule has 2 N–H and O–H groups in total. The van der Waals surface area contributed by atoms with Crippen LogP contribution in [0.4, 0.5) is 35.3 Å². The minimum Gasteiger partial charge on any atom is -0.361 e. The first-order chi connectivity index (χ1) is 14.4. The summed E-state index contributed by atoms with van der Waals surface area (Å²) in [5, 5.41) is 7.63. The summed E-state index contributed by atoms with van der Waals surface area (Å²) in [6.45, 7) is 0. The summed E-state index contributed by atoms with van der Waals surface area (Å²) >= 11 is 11.6. The van der Waals surface area contributed by atoms with Crippen molar-refractivity contribution in [2.45, 2.75) is 6.18 Å². The summed E-state index contributed by atoms with van der Waals surface area (Å²) in [6.07, 6.45) is -4.67. The number of hydrazine groups is 1. The molecular formula is C17H17Cl2F3N8O. The number of urea groups is 1. The maximum absolute atomic E-state index is 13.8. The Balaban J connectivity index is 1.94. The second-order valence-corrected chi connectivity index (χ2v) is 7.47. The maximum Gasteiger partial charge on any atom is 0.417 e. The second kappa shape index (κ2) is 8.27. The summed E-state index contributed by atoms with van der Waals surface area (Å²) in [5.74, 6) is -0.0160. The summed E-state index contributed by atoms with van der Waals surface area (Å²) < 4.78 is 42.7. The number of halogens is 5. The molecule has 3 heterocycles. The van der Waals surface area contributed by atoms with E-state index < -0.39 is 17.8 Å². The van der Waals surface area contributed by atoms with Gasteiger partial charge in [0.2, 0.25) is 0 Å². The van der Waals surface area contributed by atoms with Gasteiger partial charge in [0.1, 0.15) is 16.1 Å². The number of carbonyl (C=O) groups excluding carboxylic acids is 1. The van der Waals surface area contributed by atoms with Gasteiger partial charge < -0.3 is 10.2 Å². The van der Waals surface area contributed by atoms with E-state index in [1.54, 1.807) is 14.1 Å². The summed E-state index contributed by atoms with van der Waals surface area (Å²) in [7, 11) is 6.02. The van der Waals surface area contributed by atoms with Crippen LogP contribution < -0.4 is 20.7 Å². The van der Waals surface area contributed by atoms with Crippen LogP contribution >= 0.6 is 23.2 Å². The Hall–Kier alpha value is -2.99. The highest BCUT2D eigenvalue weighted by molar-refractivity contribution is 6.33. The first-order valence-electron chi connectivity index (χ1n) is 8.63. The fourth-order valence-corrected chi connectivity index (χ4v) is 3.29.